The summed E-state index contributed by atoms with van der Waals surface area (Å²) in [6.07, 6.45) is 0. The standard InChI is InChI=1S/C19H17N5O/c1-12-7-9-14(10-8-12)18(25)22-17-11-13(2)23-24(17)19-20-15-5-3-4-6-16(15)21-19/h3-11H,1-2H3,(H,20,21)(H,22,25). The number of para-hydroxylation sites is 2. The lowest BCUT2D eigenvalue weighted by Crippen LogP contribution is -2.15. The average molecular weight is 331 g/mol. The smallest absolute Gasteiger partial charge is 0.256 e. The molecule has 0 unspecified atom stereocenters. The van der Waals surface area contributed by atoms with Crippen molar-refractivity contribution in [3.05, 3.63) is 71.4 Å². The van der Waals surface area contributed by atoms with Crippen molar-refractivity contribution in [2.45, 2.75) is 13.8 Å². The number of carbonyl (C=O) groups excluding carboxylic acids is 1. The zero-order valence-corrected chi connectivity index (χ0v) is 13.9. The van der Waals surface area contributed by atoms with Gasteiger partial charge in [-0.05, 0) is 38.1 Å². The van der Waals surface area contributed by atoms with Crippen LogP contribution in [0.5, 0.6) is 0 Å². The fraction of sp³-hybridized carbons (Fsp3) is 0.105. The zero-order chi connectivity index (χ0) is 17.4. The Kier molecular flexibility index (Phi) is 3.57. The molecular formula is C19H17N5O. The molecule has 0 fully saturated rings. The number of fused-ring (bicyclic) bond motifs is 1. The molecule has 0 aliphatic rings. The number of imidazole rings is 1. The number of H-pyrrole nitrogens is 1. The number of hydrogen-bond acceptors (Lipinski definition) is 3. The molecule has 4 rings (SSSR count). The number of aryl methyl sites for hydroxylation is 2. The van der Waals surface area contributed by atoms with Crippen molar-refractivity contribution in [1.29, 1.82) is 0 Å². The van der Waals surface area contributed by atoms with Crippen molar-refractivity contribution >= 4 is 22.8 Å². The lowest BCUT2D eigenvalue weighted by molar-refractivity contribution is 0.102. The molecule has 6 heteroatoms. The molecule has 6 nitrogen and oxygen atoms in total. The lowest BCUT2D eigenvalue weighted by Gasteiger charge is -2.07. The zero-order valence-electron chi connectivity index (χ0n) is 13.9. The molecule has 0 bridgehead atoms. The van der Waals surface area contributed by atoms with Gasteiger partial charge >= 0.3 is 0 Å². The van der Waals surface area contributed by atoms with Crippen molar-refractivity contribution in [2.24, 2.45) is 0 Å². The number of aromatic nitrogens is 4. The number of aromatic amines is 1. The Morgan fingerprint density at radius 1 is 1.08 bits per heavy atom. The predicted molar refractivity (Wildman–Crippen MR) is 97.1 cm³/mol. The monoisotopic (exact) mass is 331 g/mol. The molecule has 2 aromatic heterocycles. The second kappa shape index (κ2) is 5.90. The van der Waals surface area contributed by atoms with Gasteiger partial charge in [0, 0.05) is 11.6 Å². The van der Waals surface area contributed by atoms with Crippen LogP contribution in [0.4, 0.5) is 5.82 Å². The maximum Gasteiger partial charge on any atom is 0.256 e. The number of carbonyl (C=O) groups is 1. The summed E-state index contributed by atoms with van der Waals surface area (Å²) in [5, 5.41) is 7.36. The Hall–Kier alpha value is -3.41. The molecule has 0 saturated heterocycles. The van der Waals surface area contributed by atoms with E-state index in [0.717, 1.165) is 22.3 Å². The highest BCUT2D eigenvalue weighted by Crippen LogP contribution is 2.19. The molecule has 0 aliphatic carbocycles. The van der Waals surface area contributed by atoms with Gasteiger partial charge in [-0.3, -0.25) is 4.79 Å². The van der Waals surface area contributed by atoms with Crippen LogP contribution in [0.25, 0.3) is 17.0 Å². The van der Waals surface area contributed by atoms with Gasteiger partial charge in [0.15, 0.2) is 0 Å². The summed E-state index contributed by atoms with van der Waals surface area (Å²) in [5.74, 6) is 0.952. The molecule has 2 aromatic carbocycles. The fourth-order valence-electron chi connectivity index (χ4n) is 2.68. The van der Waals surface area contributed by atoms with Crippen LogP contribution in [0.15, 0.2) is 54.6 Å². The minimum Gasteiger partial charge on any atom is -0.322 e. The number of anilines is 1. The van der Waals surface area contributed by atoms with Gasteiger partial charge in [0.05, 0.1) is 16.7 Å². The Morgan fingerprint density at radius 3 is 2.60 bits per heavy atom. The molecule has 2 N–H and O–H groups in total. The van der Waals surface area contributed by atoms with Crippen LogP contribution >= 0.6 is 0 Å². The van der Waals surface area contributed by atoms with Crippen LogP contribution < -0.4 is 5.32 Å². The second-order valence-electron chi connectivity index (χ2n) is 5.98. The molecule has 25 heavy (non-hydrogen) atoms. The van der Waals surface area contributed by atoms with Crippen molar-refractivity contribution in [2.75, 3.05) is 5.32 Å². The van der Waals surface area contributed by atoms with Gasteiger partial charge in [-0.1, -0.05) is 29.8 Å². The van der Waals surface area contributed by atoms with Crippen LogP contribution in [0.3, 0.4) is 0 Å². The van der Waals surface area contributed by atoms with Gasteiger partial charge in [-0.15, -0.1) is 0 Å². The summed E-state index contributed by atoms with van der Waals surface area (Å²) in [6, 6.07) is 17.0. The van der Waals surface area contributed by atoms with Gasteiger partial charge in [-0.2, -0.15) is 9.78 Å². The Morgan fingerprint density at radius 2 is 1.84 bits per heavy atom. The number of nitrogens with zero attached hydrogens (tertiary/aromatic N) is 3. The molecule has 1 amide bonds. The van der Waals surface area contributed by atoms with E-state index in [-0.39, 0.29) is 5.91 Å². The van der Waals surface area contributed by atoms with E-state index < -0.39 is 0 Å². The predicted octanol–water partition coefficient (Wildman–Crippen LogP) is 3.62. The summed E-state index contributed by atoms with van der Waals surface area (Å²) in [4.78, 5) is 20.3. The van der Waals surface area contributed by atoms with Crippen LogP contribution in [-0.2, 0) is 0 Å². The largest absolute Gasteiger partial charge is 0.322 e. The van der Waals surface area contributed by atoms with Crippen molar-refractivity contribution < 1.29 is 4.79 Å². The molecule has 0 saturated carbocycles. The van der Waals surface area contributed by atoms with Gasteiger partial charge in [0.25, 0.3) is 5.91 Å². The third-order valence-electron chi connectivity index (χ3n) is 3.96. The minimum absolute atomic E-state index is 0.183. The van der Waals surface area contributed by atoms with E-state index in [2.05, 4.69) is 20.4 Å². The average Bonchev–Trinajstić information content (AvgIpc) is 3.18. The third kappa shape index (κ3) is 2.89. The summed E-state index contributed by atoms with van der Waals surface area (Å²) in [5.41, 5.74) is 4.27. The SMILES string of the molecule is Cc1ccc(C(=O)Nc2cc(C)nn2-c2nc3ccccc3[nH]2)cc1. The maximum absolute atomic E-state index is 12.5. The molecule has 124 valence electrons. The van der Waals surface area contributed by atoms with E-state index in [1.54, 1.807) is 16.8 Å². The summed E-state index contributed by atoms with van der Waals surface area (Å²) in [7, 11) is 0. The fourth-order valence-corrected chi connectivity index (χ4v) is 2.68. The molecule has 0 radical (unpaired) electrons. The Labute approximate surface area is 144 Å². The van der Waals surface area contributed by atoms with Gasteiger partial charge in [-0.25, -0.2) is 4.98 Å². The lowest BCUT2D eigenvalue weighted by atomic mass is 10.1. The molecule has 0 aliphatic heterocycles. The van der Waals surface area contributed by atoms with Crippen LogP contribution in [0.1, 0.15) is 21.6 Å². The number of amides is 1. The normalized spacial score (nSPS) is 11.0. The minimum atomic E-state index is -0.183. The highest BCUT2D eigenvalue weighted by molar-refractivity contribution is 6.04. The van der Waals surface area contributed by atoms with Crippen LogP contribution in [0, 0.1) is 13.8 Å². The highest BCUT2D eigenvalue weighted by Gasteiger charge is 2.14. The van der Waals surface area contributed by atoms with E-state index in [1.165, 1.54) is 0 Å². The first kappa shape index (κ1) is 15.1. The summed E-state index contributed by atoms with van der Waals surface area (Å²) in [6.45, 7) is 3.86. The van der Waals surface area contributed by atoms with E-state index in [0.29, 0.717) is 17.3 Å². The van der Waals surface area contributed by atoms with Crippen molar-refractivity contribution in [1.82, 2.24) is 19.7 Å². The van der Waals surface area contributed by atoms with E-state index >= 15 is 0 Å². The van der Waals surface area contributed by atoms with E-state index in [9.17, 15) is 4.79 Å². The van der Waals surface area contributed by atoms with Crippen molar-refractivity contribution in [3.63, 3.8) is 0 Å². The van der Waals surface area contributed by atoms with Gasteiger partial charge < -0.3 is 10.3 Å². The molecule has 0 atom stereocenters. The Bertz CT molecular complexity index is 1030. The summed E-state index contributed by atoms with van der Waals surface area (Å²) < 4.78 is 1.61. The van der Waals surface area contributed by atoms with Crippen LogP contribution in [0.2, 0.25) is 0 Å². The number of hydrogen-bond donors (Lipinski definition) is 2. The first-order valence-electron chi connectivity index (χ1n) is 8.00. The van der Waals surface area contributed by atoms with Gasteiger partial charge in [0.2, 0.25) is 5.95 Å². The molecule has 0 spiro atoms. The summed E-state index contributed by atoms with van der Waals surface area (Å²) >= 11 is 0. The molecule has 2 heterocycles. The molecule has 4 aromatic rings. The maximum atomic E-state index is 12.5. The van der Waals surface area contributed by atoms with Crippen LogP contribution in [-0.4, -0.2) is 25.7 Å². The van der Waals surface area contributed by atoms with Crippen molar-refractivity contribution in [3.8, 4) is 5.95 Å². The van der Waals surface area contributed by atoms with E-state index in [4.69, 9.17) is 0 Å². The topological polar surface area (TPSA) is 75.6 Å². The highest BCUT2D eigenvalue weighted by atomic mass is 16.1. The van der Waals surface area contributed by atoms with E-state index in [1.807, 2.05) is 56.3 Å². The quantitative estimate of drug-likeness (QED) is 0.602. The second-order valence-corrected chi connectivity index (χ2v) is 5.98. The molecular weight excluding hydrogens is 314 g/mol. The van der Waals surface area contributed by atoms with Gasteiger partial charge in [0.1, 0.15) is 5.82 Å². The Balaban J connectivity index is 1.69. The number of nitrogens with one attached hydrogen (secondary N) is 2. The number of rotatable bonds is 3. The third-order valence-corrected chi connectivity index (χ3v) is 3.96. The first-order chi connectivity index (χ1) is 12.1. The first-order valence-corrected chi connectivity index (χ1v) is 8.00. The number of benzene rings is 2.